The summed E-state index contributed by atoms with van der Waals surface area (Å²) in [5.41, 5.74) is 11.3. The molecule has 0 radical (unpaired) electrons. The predicted octanol–water partition coefficient (Wildman–Crippen LogP) is 1.80. The molecule has 24 heavy (non-hydrogen) atoms. The highest BCUT2D eigenvalue weighted by Crippen LogP contribution is 2.30. The Balaban J connectivity index is 2.22. The Labute approximate surface area is 137 Å². The number of ether oxygens (including phenoxy) is 1. The number of nitrogens with two attached hydrogens (primary N) is 2. The number of carbonyl (C=O) groups excluding carboxylic acids is 2. The number of hydrogen-bond donors (Lipinski definition) is 2. The molecule has 0 aliphatic heterocycles. The van der Waals surface area contributed by atoms with Crippen molar-refractivity contribution >= 4 is 28.4 Å². The van der Waals surface area contributed by atoms with Crippen LogP contribution in [0.3, 0.4) is 0 Å². The molecule has 7 nitrogen and oxygen atoms in total. The summed E-state index contributed by atoms with van der Waals surface area (Å²) in [6.45, 7) is 2.24. The first-order chi connectivity index (χ1) is 11.5. The number of amides is 1. The van der Waals surface area contributed by atoms with Gasteiger partial charge in [0.2, 0.25) is 0 Å². The third-order valence-corrected chi connectivity index (χ3v) is 3.66. The quantitative estimate of drug-likeness (QED) is 0.759. The van der Waals surface area contributed by atoms with Gasteiger partial charge in [-0.05, 0) is 23.8 Å². The lowest BCUT2D eigenvalue weighted by atomic mass is 10.0. The van der Waals surface area contributed by atoms with Gasteiger partial charge in [0.15, 0.2) is 5.69 Å². The minimum Gasteiger partial charge on any atom is -0.493 e. The second-order valence-corrected chi connectivity index (χ2v) is 5.11. The van der Waals surface area contributed by atoms with E-state index in [0.29, 0.717) is 17.9 Å². The van der Waals surface area contributed by atoms with Gasteiger partial charge in [0.1, 0.15) is 17.9 Å². The molecule has 0 fully saturated rings. The molecule has 3 rings (SSSR count). The Morgan fingerprint density at radius 2 is 1.96 bits per heavy atom. The number of benzene rings is 2. The highest BCUT2D eigenvalue weighted by molar-refractivity contribution is 6.12. The maximum atomic E-state index is 13.0. The number of aromatic nitrogens is 2. The number of nitrogen functional groups attached to an aromatic ring is 1. The molecule has 0 aliphatic carbocycles. The van der Waals surface area contributed by atoms with Crippen molar-refractivity contribution in [2.75, 3.05) is 12.3 Å². The zero-order valence-corrected chi connectivity index (χ0v) is 13.0. The monoisotopic (exact) mass is 324 g/mol. The summed E-state index contributed by atoms with van der Waals surface area (Å²) in [7, 11) is 0. The molecular formula is C17H16N4O3. The van der Waals surface area contributed by atoms with E-state index in [2.05, 4.69) is 4.98 Å². The van der Waals surface area contributed by atoms with Gasteiger partial charge in [-0.25, -0.2) is 4.98 Å². The van der Waals surface area contributed by atoms with E-state index in [-0.39, 0.29) is 11.5 Å². The second-order valence-electron chi connectivity index (χ2n) is 5.11. The molecule has 0 aliphatic rings. The summed E-state index contributed by atoms with van der Waals surface area (Å²) in [6.07, 6.45) is 1.19. The van der Waals surface area contributed by atoms with Gasteiger partial charge in [0.05, 0.1) is 12.2 Å². The molecule has 122 valence electrons. The molecule has 1 aromatic heterocycles. The maximum Gasteiger partial charge on any atom is 0.271 e. The number of imidazole rings is 1. The van der Waals surface area contributed by atoms with Crippen molar-refractivity contribution in [1.29, 1.82) is 0 Å². The van der Waals surface area contributed by atoms with E-state index < -0.39 is 11.8 Å². The minimum atomic E-state index is -0.790. The van der Waals surface area contributed by atoms with E-state index in [9.17, 15) is 9.59 Å². The summed E-state index contributed by atoms with van der Waals surface area (Å²) in [6, 6.07) is 11.1. The molecule has 1 heterocycles. The molecule has 2 aromatic carbocycles. The standard InChI is InChI=1S/C17H16N4O3/c1-2-24-12-8-7-10-5-3-4-6-11(10)13(12)17(23)21-9-20-14(15(21)18)16(19)22/h3-9H,2,18H2,1H3,(H2,19,22). The van der Waals surface area contributed by atoms with Crippen LogP contribution in [0.25, 0.3) is 10.8 Å². The topological polar surface area (TPSA) is 113 Å². The van der Waals surface area contributed by atoms with Gasteiger partial charge >= 0.3 is 0 Å². The van der Waals surface area contributed by atoms with Crippen LogP contribution in [0, 0.1) is 0 Å². The van der Waals surface area contributed by atoms with Gasteiger partial charge in [-0.3, -0.25) is 14.2 Å². The molecule has 0 atom stereocenters. The van der Waals surface area contributed by atoms with Crippen molar-refractivity contribution < 1.29 is 14.3 Å². The van der Waals surface area contributed by atoms with Gasteiger partial charge in [-0.2, -0.15) is 0 Å². The zero-order chi connectivity index (χ0) is 17.3. The first-order valence-corrected chi connectivity index (χ1v) is 7.36. The smallest absolute Gasteiger partial charge is 0.271 e. The normalized spacial score (nSPS) is 10.7. The first kappa shape index (κ1) is 15.5. The van der Waals surface area contributed by atoms with Crippen molar-refractivity contribution in [3.8, 4) is 5.75 Å². The largest absolute Gasteiger partial charge is 0.493 e. The zero-order valence-electron chi connectivity index (χ0n) is 13.0. The van der Waals surface area contributed by atoms with E-state index in [4.69, 9.17) is 16.2 Å². The summed E-state index contributed by atoms with van der Waals surface area (Å²) in [4.78, 5) is 28.1. The van der Waals surface area contributed by atoms with Gasteiger partial charge in [0, 0.05) is 0 Å². The third kappa shape index (κ3) is 2.45. The van der Waals surface area contributed by atoms with Crippen LogP contribution in [0.15, 0.2) is 42.7 Å². The van der Waals surface area contributed by atoms with Crippen molar-refractivity contribution in [3.63, 3.8) is 0 Å². The Hall–Kier alpha value is -3.35. The SMILES string of the molecule is CCOc1ccc2ccccc2c1C(=O)n1cnc(C(N)=O)c1N. The lowest BCUT2D eigenvalue weighted by Crippen LogP contribution is -2.18. The minimum absolute atomic E-state index is 0.0946. The average molecular weight is 324 g/mol. The molecule has 0 saturated carbocycles. The highest BCUT2D eigenvalue weighted by atomic mass is 16.5. The van der Waals surface area contributed by atoms with Gasteiger partial charge < -0.3 is 16.2 Å². The Kier molecular flexibility index (Phi) is 3.91. The Bertz CT molecular complexity index is 946. The van der Waals surface area contributed by atoms with Crippen LogP contribution in [-0.2, 0) is 0 Å². The van der Waals surface area contributed by atoms with Crippen LogP contribution in [0.2, 0.25) is 0 Å². The molecule has 4 N–H and O–H groups in total. The van der Waals surface area contributed by atoms with Crippen LogP contribution in [0.1, 0.15) is 27.8 Å². The second kappa shape index (κ2) is 6.04. The predicted molar refractivity (Wildman–Crippen MR) is 90.0 cm³/mol. The van der Waals surface area contributed by atoms with E-state index in [1.54, 1.807) is 6.07 Å². The van der Waals surface area contributed by atoms with Crippen molar-refractivity contribution in [2.45, 2.75) is 6.92 Å². The van der Waals surface area contributed by atoms with Crippen molar-refractivity contribution in [1.82, 2.24) is 9.55 Å². The number of fused-ring (bicyclic) bond motifs is 1. The number of carbonyl (C=O) groups is 2. The lowest BCUT2D eigenvalue weighted by Gasteiger charge is -2.13. The molecule has 0 bridgehead atoms. The number of primary amides is 1. The van der Waals surface area contributed by atoms with Crippen LogP contribution in [0.4, 0.5) is 5.82 Å². The molecule has 0 spiro atoms. The van der Waals surface area contributed by atoms with Crippen molar-refractivity contribution in [2.24, 2.45) is 5.73 Å². The summed E-state index contributed by atoms with van der Waals surface area (Å²) in [5.74, 6) is -0.882. The highest BCUT2D eigenvalue weighted by Gasteiger charge is 2.23. The molecular weight excluding hydrogens is 308 g/mol. The van der Waals surface area contributed by atoms with Gasteiger partial charge in [0.25, 0.3) is 11.8 Å². The van der Waals surface area contributed by atoms with Crippen LogP contribution in [-0.4, -0.2) is 28.0 Å². The summed E-state index contributed by atoms with van der Waals surface area (Å²) >= 11 is 0. The van der Waals surface area contributed by atoms with E-state index in [1.807, 2.05) is 37.3 Å². The number of rotatable bonds is 4. The van der Waals surface area contributed by atoms with E-state index in [1.165, 1.54) is 6.33 Å². The molecule has 1 amide bonds. The van der Waals surface area contributed by atoms with Crippen LogP contribution >= 0.6 is 0 Å². The number of anilines is 1. The van der Waals surface area contributed by atoms with E-state index in [0.717, 1.165) is 15.3 Å². The Morgan fingerprint density at radius 3 is 2.62 bits per heavy atom. The number of nitrogens with zero attached hydrogens (tertiary/aromatic N) is 2. The molecule has 7 heteroatoms. The van der Waals surface area contributed by atoms with Crippen molar-refractivity contribution in [3.05, 3.63) is 54.0 Å². The van der Waals surface area contributed by atoms with Crippen LogP contribution < -0.4 is 16.2 Å². The molecule has 0 unspecified atom stereocenters. The fourth-order valence-electron chi connectivity index (χ4n) is 2.58. The molecule has 3 aromatic rings. The first-order valence-electron chi connectivity index (χ1n) is 7.36. The maximum absolute atomic E-state index is 13.0. The van der Waals surface area contributed by atoms with Gasteiger partial charge in [-0.15, -0.1) is 0 Å². The fraction of sp³-hybridized carbons (Fsp3) is 0.118. The number of hydrogen-bond acceptors (Lipinski definition) is 5. The third-order valence-electron chi connectivity index (χ3n) is 3.66. The Morgan fingerprint density at radius 1 is 1.21 bits per heavy atom. The average Bonchev–Trinajstić information content (AvgIpc) is 2.96. The lowest BCUT2D eigenvalue weighted by molar-refractivity contribution is 0.0960. The summed E-state index contributed by atoms with van der Waals surface area (Å²) < 4.78 is 6.70. The van der Waals surface area contributed by atoms with Gasteiger partial charge in [-0.1, -0.05) is 30.3 Å². The van der Waals surface area contributed by atoms with E-state index >= 15 is 0 Å². The summed E-state index contributed by atoms with van der Waals surface area (Å²) in [5, 5.41) is 1.61. The fourth-order valence-corrected chi connectivity index (χ4v) is 2.58. The molecule has 0 saturated heterocycles. The van der Waals surface area contributed by atoms with Crippen LogP contribution in [0.5, 0.6) is 5.75 Å².